The van der Waals surface area contributed by atoms with Crippen molar-refractivity contribution in [2.45, 2.75) is 18.9 Å². The average molecular weight is 244 g/mol. The van der Waals surface area contributed by atoms with Gasteiger partial charge in [0.1, 0.15) is 6.04 Å². The number of imide groups is 1. The Morgan fingerprint density at radius 2 is 2.00 bits per heavy atom. The number of ether oxygens (including phenoxy) is 2. The molecule has 1 rings (SSSR count). The zero-order valence-corrected chi connectivity index (χ0v) is 9.89. The highest BCUT2D eigenvalue weighted by atomic mass is 16.5. The van der Waals surface area contributed by atoms with Crippen LogP contribution in [0.2, 0.25) is 0 Å². The number of carbonyl (C=O) groups excluding carboxylic acids is 3. The molecule has 0 aliphatic carbocycles. The van der Waals surface area contributed by atoms with Crippen molar-refractivity contribution in [2.75, 3.05) is 27.3 Å². The predicted molar refractivity (Wildman–Crippen MR) is 57.2 cm³/mol. The maximum absolute atomic E-state index is 11.4. The Hall–Kier alpha value is -1.63. The van der Waals surface area contributed by atoms with Crippen molar-refractivity contribution in [3.8, 4) is 0 Å². The van der Waals surface area contributed by atoms with Gasteiger partial charge in [0.2, 0.25) is 5.91 Å². The Kier molecular flexibility index (Phi) is 4.89. The van der Waals surface area contributed by atoms with Gasteiger partial charge in [0.05, 0.1) is 20.8 Å². The molecule has 1 aliphatic rings. The first-order valence-corrected chi connectivity index (χ1v) is 5.28. The SMILES string of the molecule is COC(=O)NC(=O)CN1CCCC1C(=O)OC. The van der Waals surface area contributed by atoms with Crippen molar-refractivity contribution in [1.29, 1.82) is 0 Å². The van der Waals surface area contributed by atoms with Crippen LogP contribution in [0.15, 0.2) is 0 Å². The molecule has 1 heterocycles. The van der Waals surface area contributed by atoms with Gasteiger partial charge in [-0.25, -0.2) is 4.79 Å². The van der Waals surface area contributed by atoms with E-state index in [0.717, 1.165) is 6.42 Å². The van der Waals surface area contributed by atoms with Gasteiger partial charge < -0.3 is 9.47 Å². The zero-order valence-electron chi connectivity index (χ0n) is 9.89. The fraction of sp³-hybridized carbons (Fsp3) is 0.700. The van der Waals surface area contributed by atoms with Gasteiger partial charge in [0, 0.05) is 0 Å². The lowest BCUT2D eigenvalue weighted by Crippen LogP contribution is -2.44. The van der Waals surface area contributed by atoms with Crippen LogP contribution >= 0.6 is 0 Å². The summed E-state index contributed by atoms with van der Waals surface area (Å²) in [6.07, 6.45) is 0.688. The highest BCUT2D eigenvalue weighted by Crippen LogP contribution is 2.17. The van der Waals surface area contributed by atoms with Crippen LogP contribution in [0, 0.1) is 0 Å². The molecular formula is C10H16N2O5. The van der Waals surface area contributed by atoms with E-state index in [-0.39, 0.29) is 12.5 Å². The highest BCUT2D eigenvalue weighted by Gasteiger charge is 2.32. The minimum atomic E-state index is -0.802. The van der Waals surface area contributed by atoms with Gasteiger partial charge >= 0.3 is 12.1 Å². The maximum Gasteiger partial charge on any atom is 0.413 e. The van der Waals surface area contributed by atoms with E-state index in [1.54, 1.807) is 4.90 Å². The lowest BCUT2D eigenvalue weighted by molar-refractivity contribution is -0.146. The van der Waals surface area contributed by atoms with Gasteiger partial charge in [-0.2, -0.15) is 0 Å². The largest absolute Gasteiger partial charge is 0.468 e. The Bertz CT molecular complexity index is 318. The number of amides is 2. The first kappa shape index (κ1) is 13.4. The number of likely N-dealkylation sites (tertiary alicyclic amines) is 1. The van der Waals surface area contributed by atoms with E-state index in [2.05, 4.69) is 9.47 Å². The van der Waals surface area contributed by atoms with Gasteiger partial charge in [-0.3, -0.25) is 19.8 Å². The van der Waals surface area contributed by atoms with Gasteiger partial charge in [-0.05, 0) is 19.4 Å². The molecule has 17 heavy (non-hydrogen) atoms. The quantitative estimate of drug-likeness (QED) is 0.674. The molecule has 1 atom stereocenters. The fourth-order valence-electron chi connectivity index (χ4n) is 1.81. The molecule has 0 bridgehead atoms. The summed E-state index contributed by atoms with van der Waals surface area (Å²) in [6, 6.07) is -0.400. The van der Waals surface area contributed by atoms with Crippen LogP contribution in [0.3, 0.4) is 0 Å². The highest BCUT2D eigenvalue weighted by molar-refractivity contribution is 5.93. The maximum atomic E-state index is 11.4. The molecule has 1 saturated heterocycles. The molecule has 1 aliphatic heterocycles. The second kappa shape index (κ2) is 6.19. The van der Waals surface area contributed by atoms with Gasteiger partial charge in [0.15, 0.2) is 0 Å². The van der Waals surface area contributed by atoms with Crippen LogP contribution in [0.5, 0.6) is 0 Å². The third kappa shape index (κ3) is 3.70. The van der Waals surface area contributed by atoms with E-state index in [4.69, 9.17) is 0 Å². The van der Waals surface area contributed by atoms with Crippen LogP contribution in [0.25, 0.3) is 0 Å². The van der Waals surface area contributed by atoms with Crippen molar-refractivity contribution in [3.05, 3.63) is 0 Å². The number of rotatable bonds is 3. The fourth-order valence-corrected chi connectivity index (χ4v) is 1.81. The predicted octanol–water partition coefficient (Wildman–Crippen LogP) is -0.494. The van der Waals surface area contributed by atoms with E-state index in [1.807, 2.05) is 5.32 Å². The summed E-state index contributed by atoms with van der Waals surface area (Å²) >= 11 is 0. The Balaban J connectivity index is 2.47. The summed E-state index contributed by atoms with van der Waals surface area (Å²) in [5.74, 6) is -0.846. The summed E-state index contributed by atoms with van der Waals surface area (Å²) in [4.78, 5) is 35.3. The zero-order chi connectivity index (χ0) is 12.8. The van der Waals surface area contributed by atoms with Crippen LogP contribution in [-0.2, 0) is 19.1 Å². The van der Waals surface area contributed by atoms with E-state index >= 15 is 0 Å². The molecule has 0 spiro atoms. The second-order valence-corrected chi connectivity index (χ2v) is 3.69. The number of methoxy groups -OCH3 is 2. The van der Waals surface area contributed by atoms with E-state index in [9.17, 15) is 14.4 Å². The van der Waals surface area contributed by atoms with Crippen LogP contribution < -0.4 is 5.32 Å². The van der Waals surface area contributed by atoms with Gasteiger partial charge in [0.25, 0.3) is 0 Å². The number of esters is 1. The summed E-state index contributed by atoms with van der Waals surface area (Å²) < 4.78 is 8.94. The van der Waals surface area contributed by atoms with Gasteiger partial charge in [-0.15, -0.1) is 0 Å². The summed E-state index contributed by atoms with van der Waals surface area (Å²) in [5.41, 5.74) is 0. The molecule has 7 heteroatoms. The van der Waals surface area contributed by atoms with Crippen molar-refractivity contribution < 1.29 is 23.9 Å². The van der Waals surface area contributed by atoms with Crippen LogP contribution in [-0.4, -0.2) is 56.2 Å². The number of carbonyl (C=O) groups is 3. The molecule has 1 unspecified atom stereocenters. The molecule has 0 radical (unpaired) electrons. The molecule has 0 saturated carbocycles. The molecule has 96 valence electrons. The third-order valence-electron chi connectivity index (χ3n) is 2.61. The second-order valence-electron chi connectivity index (χ2n) is 3.69. The lowest BCUT2D eigenvalue weighted by atomic mass is 10.2. The molecular weight excluding hydrogens is 228 g/mol. The monoisotopic (exact) mass is 244 g/mol. The summed E-state index contributed by atoms with van der Waals surface area (Å²) in [7, 11) is 2.49. The van der Waals surface area contributed by atoms with E-state index < -0.39 is 18.0 Å². The van der Waals surface area contributed by atoms with E-state index in [1.165, 1.54) is 14.2 Å². The molecule has 1 N–H and O–H groups in total. The average Bonchev–Trinajstić information content (AvgIpc) is 2.75. The Labute approximate surface area is 99.0 Å². The van der Waals surface area contributed by atoms with E-state index in [0.29, 0.717) is 13.0 Å². The Morgan fingerprint density at radius 3 is 2.59 bits per heavy atom. The lowest BCUT2D eigenvalue weighted by Gasteiger charge is -2.21. The molecule has 2 amide bonds. The standard InChI is InChI=1S/C10H16N2O5/c1-16-9(14)7-4-3-5-12(7)6-8(13)11-10(15)17-2/h7H,3-6H2,1-2H3,(H,11,13,15). The molecule has 0 aromatic carbocycles. The first-order chi connectivity index (χ1) is 8.08. The molecule has 7 nitrogen and oxygen atoms in total. The first-order valence-electron chi connectivity index (χ1n) is 5.28. The number of alkyl carbamates (subject to hydrolysis) is 1. The van der Waals surface area contributed by atoms with Crippen LogP contribution in [0.4, 0.5) is 4.79 Å². The molecule has 0 aromatic rings. The normalized spacial score (nSPS) is 19.8. The summed E-state index contributed by atoms with van der Waals surface area (Å²) in [5, 5.41) is 2.04. The van der Waals surface area contributed by atoms with Crippen LogP contribution in [0.1, 0.15) is 12.8 Å². The topological polar surface area (TPSA) is 84.9 Å². The van der Waals surface area contributed by atoms with Crippen molar-refractivity contribution in [2.24, 2.45) is 0 Å². The summed E-state index contributed by atoms with van der Waals surface area (Å²) in [6.45, 7) is 0.614. The minimum Gasteiger partial charge on any atom is -0.468 e. The number of hydrogen-bond donors (Lipinski definition) is 1. The van der Waals surface area contributed by atoms with Crippen molar-refractivity contribution in [1.82, 2.24) is 10.2 Å². The molecule has 1 fully saturated rings. The number of nitrogens with one attached hydrogen (secondary N) is 1. The Morgan fingerprint density at radius 1 is 1.29 bits per heavy atom. The third-order valence-corrected chi connectivity index (χ3v) is 2.61. The number of hydrogen-bond acceptors (Lipinski definition) is 6. The molecule has 0 aromatic heterocycles. The van der Waals surface area contributed by atoms with Gasteiger partial charge in [-0.1, -0.05) is 0 Å². The van der Waals surface area contributed by atoms with Crippen molar-refractivity contribution in [3.63, 3.8) is 0 Å². The smallest absolute Gasteiger partial charge is 0.413 e. The van der Waals surface area contributed by atoms with Crippen molar-refractivity contribution >= 4 is 18.0 Å². The number of nitrogens with zero attached hydrogens (tertiary/aromatic N) is 1. The minimum absolute atomic E-state index is 0.0190.